The highest BCUT2D eigenvalue weighted by Gasteiger charge is 2.25. The van der Waals surface area contributed by atoms with Gasteiger partial charge in [-0.2, -0.15) is 0 Å². The van der Waals surface area contributed by atoms with Crippen LogP contribution in [0.1, 0.15) is 23.2 Å². The van der Waals surface area contributed by atoms with Gasteiger partial charge in [0.25, 0.3) is 5.91 Å². The molecular weight excluding hydrogens is 352 g/mol. The van der Waals surface area contributed by atoms with E-state index >= 15 is 0 Å². The predicted octanol–water partition coefficient (Wildman–Crippen LogP) is 3.79. The van der Waals surface area contributed by atoms with Gasteiger partial charge in [-0.25, -0.2) is 0 Å². The summed E-state index contributed by atoms with van der Waals surface area (Å²) in [5.41, 5.74) is 3.27. The van der Waals surface area contributed by atoms with Crippen molar-refractivity contribution in [2.75, 3.05) is 13.1 Å². The fraction of sp³-hybridized carbons (Fsp3) is 0.227. The lowest BCUT2D eigenvalue weighted by molar-refractivity contribution is 0.0598. The van der Waals surface area contributed by atoms with Gasteiger partial charge in [0.1, 0.15) is 11.9 Å². The number of nitrogens with one attached hydrogen (secondary N) is 1. The molecule has 1 amide bonds. The molecule has 4 aromatic rings. The molecule has 5 rings (SSSR count). The maximum absolute atomic E-state index is 12.9. The summed E-state index contributed by atoms with van der Waals surface area (Å²) in [5.74, 6) is 0.940. The van der Waals surface area contributed by atoms with Gasteiger partial charge in [0, 0.05) is 61.0 Å². The lowest BCUT2D eigenvalue weighted by Gasteiger charge is -2.32. The molecule has 140 valence electrons. The predicted molar refractivity (Wildman–Crippen MR) is 107 cm³/mol. The number of nitrogens with zero attached hydrogens (tertiary/aromatic N) is 3. The monoisotopic (exact) mass is 372 g/mol. The molecule has 3 heterocycles. The second-order valence-electron chi connectivity index (χ2n) is 7.06. The van der Waals surface area contributed by atoms with Gasteiger partial charge in [-0.3, -0.25) is 14.8 Å². The lowest BCUT2D eigenvalue weighted by atomic mass is 10.1. The Morgan fingerprint density at radius 2 is 1.86 bits per heavy atom. The summed E-state index contributed by atoms with van der Waals surface area (Å²) < 4.78 is 6.24. The van der Waals surface area contributed by atoms with E-state index < -0.39 is 0 Å². The molecule has 0 aliphatic carbocycles. The Kier molecular flexibility index (Phi) is 4.16. The summed E-state index contributed by atoms with van der Waals surface area (Å²) in [6.45, 7) is 1.37. The molecule has 2 aromatic heterocycles. The number of carbonyl (C=O) groups is 1. The summed E-state index contributed by atoms with van der Waals surface area (Å²) in [4.78, 5) is 26.5. The Balaban J connectivity index is 1.26. The van der Waals surface area contributed by atoms with Crippen molar-refractivity contribution in [3.05, 3.63) is 66.6 Å². The van der Waals surface area contributed by atoms with Gasteiger partial charge < -0.3 is 14.6 Å². The molecule has 2 aromatic carbocycles. The number of benzene rings is 2. The Hall–Kier alpha value is -3.41. The smallest absolute Gasteiger partial charge is 0.253 e. The molecule has 0 spiro atoms. The minimum atomic E-state index is 0.0405. The Morgan fingerprint density at radius 1 is 1.04 bits per heavy atom. The Labute approximate surface area is 162 Å². The number of amides is 1. The number of fused-ring (bicyclic) bond motifs is 2. The molecule has 1 aliphatic rings. The molecule has 6 nitrogen and oxygen atoms in total. The standard InChI is InChI=1S/C22H20N4O2/c27-22(15-4-5-19-20(14-15)25-11-10-24-19)26-12-7-16(8-13-26)28-21-3-1-2-18-17(21)6-9-23-18/h1-6,9-11,14,16,23H,7-8,12-13H2. The van der Waals surface area contributed by atoms with Gasteiger partial charge >= 0.3 is 0 Å². The fourth-order valence-corrected chi connectivity index (χ4v) is 3.79. The van der Waals surface area contributed by atoms with Crippen LogP contribution >= 0.6 is 0 Å². The molecule has 1 N–H and O–H groups in total. The van der Waals surface area contributed by atoms with Crippen LogP contribution in [-0.2, 0) is 0 Å². The summed E-state index contributed by atoms with van der Waals surface area (Å²) in [6.07, 6.45) is 6.98. The van der Waals surface area contributed by atoms with Crippen LogP contribution in [0.3, 0.4) is 0 Å². The van der Waals surface area contributed by atoms with Gasteiger partial charge in [-0.1, -0.05) is 6.07 Å². The van der Waals surface area contributed by atoms with E-state index in [1.807, 2.05) is 53.6 Å². The first-order chi connectivity index (χ1) is 13.8. The molecule has 1 fully saturated rings. The minimum Gasteiger partial charge on any atom is -0.490 e. The van der Waals surface area contributed by atoms with E-state index in [1.54, 1.807) is 12.4 Å². The highest BCUT2D eigenvalue weighted by molar-refractivity contribution is 5.97. The lowest BCUT2D eigenvalue weighted by Crippen LogP contribution is -2.41. The van der Waals surface area contributed by atoms with Gasteiger partial charge in [-0.05, 0) is 36.4 Å². The van der Waals surface area contributed by atoms with E-state index in [2.05, 4.69) is 15.0 Å². The molecule has 1 aliphatic heterocycles. The van der Waals surface area contributed by atoms with Crippen molar-refractivity contribution in [1.82, 2.24) is 19.9 Å². The van der Waals surface area contributed by atoms with Gasteiger partial charge in [0.2, 0.25) is 0 Å². The number of hydrogen-bond acceptors (Lipinski definition) is 4. The molecule has 0 radical (unpaired) electrons. The van der Waals surface area contributed by atoms with Crippen LogP contribution in [0.2, 0.25) is 0 Å². The zero-order valence-corrected chi connectivity index (χ0v) is 15.3. The molecule has 0 saturated carbocycles. The number of piperidine rings is 1. The fourth-order valence-electron chi connectivity index (χ4n) is 3.79. The van der Waals surface area contributed by atoms with Crippen molar-refractivity contribution < 1.29 is 9.53 Å². The highest BCUT2D eigenvalue weighted by Crippen LogP contribution is 2.28. The zero-order chi connectivity index (χ0) is 18.9. The number of aromatic amines is 1. The Morgan fingerprint density at radius 3 is 2.71 bits per heavy atom. The van der Waals surface area contributed by atoms with Crippen LogP contribution in [0.4, 0.5) is 0 Å². The number of ether oxygens (including phenoxy) is 1. The van der Waals surface area contributed by atoms with E-state index in [1.165, 1.54) is 0 Å². The highest BCUT2D eigenvalue weighted by atomic mass is 16.5. The molecule has 28 heavy (non-hydrogen) atoms. The maximum atomic E-state index is 12.9. The van der Waals surface area contributed by atoms with Gasteiger partial charge in [0.05, 0.1) is 11.0 Å². The SMILES string of the molecule is O=C(c1ccc2nccnc2c1)N1CCC(Oc2cccc3[nH]ccc23)CC1. The number of aromatic nitrogens is 3. The average molecular weight is 372 g/mol. The largest absolute Gasteiger partial charge is 0.490 e. The van der Waals surface area contributed by atoms with E-state index in [9.17, 15) is 4.79 Å². The van der Waals surface area contributed by atoms with Gasteiger partial charge in [0.15, 0.2) is 0 Å². The molecular formula is C22H20N4O2. The third-order valence-electron chi connectivity index (χ3n) is 5.29. The van der Waals surface area contributed by atoms with Crippen molar-refractivity contribution in [2.45, 2.75) is 18.9 Å². The van der Waals surface area contributed by atoms with Crippen LogP contribution < -0.4 is 4.74 Å². The summed E-state index contributed by atoms with van der Waals surface area (Å²) in [7, 11) is 0. The van der Waals surface area contributed by atoms with E-state index in [4.69, 9.17) is 4.74 Å². The first-order valence-corrected chi connectivity index (χ1v) is 9.51. The number of rotatable bonds is 3. The first-order valence-electron chi connectivity index (χ1n) is 9.51. The van der Waals surface area contributed by atoms with E-state index in [0.29, 0.717) is 18.7 Å². The second-order valence-corrected chi connectivity index (χ2v) is 7.06. The number of carbonyl (C=O) groups excluding carboxylic acids is 1. The van der Waals surface area contributed by atoms with Crippen LogP contribution in [0.25, 0.3) is 21.9 Å². The van der Waals surface area contributed by atoms with Crippen molar-refractivity contribution in [2.24, 2.45) is 0 Å². The second kappa shape index (κ2) is 6.96. The summed E-state index contributed by atoms with van der Waals surface area (Å²) in [6, 6.07) is 13.6. The molecule has 1 saturated heterocycles. The van der Waals surface area contributed by atoms with Crippen molar-refractivity contribution in [3.8, 4) is 5.75 Å². The number of likely N-dealkylation sites (tertiary alicyclic amines) is 1. The van der Waals surface area contributed by atoms with Crippen molar-refractivity contribution in [3.63, 3.8) is 0 Å². The van der Waals surface area contributed by atoms with Gasteiger partial charge in [-0.15, -0.1) is 0 Å². The van der Waals surface area contributed by atoms with Crippen LogP contribution in [-0.4, -0.2) is 45.0 Å². The topological polar surface area (TPSA) is 71.1 Å². The maximum Gasteiger partial charge on any atom is 0.253 e. The quantitative estimate of drug-likeness (QED) is 0.594. The average Bonchev–Trinajstić information content (AvgIpc) is 3.23. The molecule has 0 unspecified atom stereocenters. The van der Waals surface area contributed by atoms with Crippen molar-refractivity contribution in [1.29, 1.82) is 0 Å². The summed E-state index contributed by atoms with van der Waals surface area (Å²) >= 11 is 0. The third-order valence-corrected chi connectivity index (χ3v) is 5.29. The number of hydrogen-bond donors (Lipinski definition) is 1. The minimum absolute atomic E-state index is 0.0405. The Bertz CT molecular complexity index is 1150. The van der Waals surface area contributed by atoms with Crippen LogP contribution in [0, 0.1) is 0 Å². The third kappa shape index (κ3) is 3.07. The van der Waals surface area contributed by atoms with Crippen molar-refractivity contribution >= 4 is 27.8 Å². The summed E-state index contributed by atoms with van der Waals surface area (Å²) in [5, 5.41) is 1.10. The van der Waals surface area contributed by atoms with Crippen LogP contribution in [0.15, 0.2) is 61.1 Å². The molecule has 0 bridgehead atoms. The normalized spacial score (nSPS) is 15.2. The molecule has 0 atom stereocenters. The number of H-pyrrole nitrogens is 1. The van der Waals surface area contributed by atoms with E-state index in [0.717, 1.165) is 40.5 Å². The molecule has 6 heteroatoms. The van der Waals surface area contributed by atoms with E-state index in [-0.39, 0.29) is 12.0 Å². The van der Waals surface area contributed by atoms with Crippen LogP contribution in [0.5, 0.6) is 5.75 Å². The first kappa shape index (κ1) is 16.7. The zero-order valence-electron chi connectivity index (χ0n) is 15.3.